The second-order valence-electron chi connectivity index (χ2n) is 8.80. The van der Waals surface area contributed by atoms with E-state index in [2.05, 4.69) is 11.7 Å². The van der Waals surface area contributed by atoms with Gasteiger partial charge in [0.25, 0.3) is 6.17 Å². The number of carbonyl (C=O) groups excluding carboxylic acids is 1. The quantitative estimate of drug-likeness (QED) is 0.199. The Balaban J connectivity index is 1.66. The van der Waals surface area contributed by atoms with Gasteiger partial charge in [-0.05, 0) is 73.4 Å². The molecule has 1 unspecified atom stereocenters. The molecule has 0 bridgehead atoms. The Morgan fingerprint density at radius 3 is 2.11 bits per heavy atom. The molecule has 2 aromatic rings. The molecule has 3 nitrogen and oxygen atoms in total. The molecule has 1 aliphatic carbocycles. The zero-order valence-electron chi connectivity index (χ0n) is 19.2. The van der Waals surface area contributed by atoms with Gasteiger partial charge in [-0.1, -0.05) is 25.8 Å². The summed E-state index contributed by atoms with van der Waals surface area (Å²) >= 11 is 0. The maximum Gasteiger partial charge on any atom is 0.439 e. The highest BCUT2D eigenvalue weighted by atomic mass is 19.4. The van der Waals surface area contributed by atoms with Gasteiger partial charge < -0.3 is 9.47 Å². The molecule has 1 fully saturated rings. The van der Waals surface area contributed by atoms with Crippen LogP contribution in [0, 0.1) is 17.6 Å². The fraction of sp³-hybridized carbons (Fsp3) is 0.480. The molecular weight excluding hydrogens is 500 g/mol. The monoisotopic (exact) mass is 524 g/mol. The van der Waals surface area contributed by atoms with Gasteiger partial charge in [0.1, 0.15) is 0 Å². The van der Waals surface area contributed by atoms with Crippen LogP contribution >= 0.6 is 0 Å². The Morgan fingerprint density at radius 2 is 1.56 bits per heavy atom. The van der Waals surface area contributed by atoms with Crippen molar-refractivity contribution >= 4 is 5.97 Å². The lowest BCUT2D eigenvalue weighted by Gasteiger charge is -2.28. The van der Waals surface area contributed by atoms with Crippen molar-refractivity contribution in [3.05, 3.63) is 59.2 Å². The molecule has 36 heavy (non-hydrogen) atoms. The number of ether oxygens (including phenoxy) is 2. The van der Waals surface area contributed by atoms with Crippen LogP contribution < -0.4 is 9.47 Å². The van der Waals surface area contributed by atoms with Crippen LogP contribution in [0.2, 0.25) is 0 Å². The van der Waals surface area contributed by atoms with Crippen molar-refractivity contribution < 1.29 is 49.4 Å². The molecule has 0 saturated heterocycles. The molecule has 0 aliphatic heterocycles. The van der Waals surface area contributed by atoms with Gasteiger partial charge in [0.05, 0.1) is 5.56 Å². The molecule has 1 aliphatic rings. The second kappa shape index (κ2) is 11.0. The number of carbonyl (C=O) groups is 1. The van der Waals surface area contributed by atoms with Crippen molar-refractivity contribution in [1.82, 2.24) is 0 Å². The minimum absolute atomic E-state index is 0.179. The van der Waals surface area contributed by atoms with E-state index in [4.69, 9.17) is 4.74 Å². The Kier molecular flexibility index (Phi) is 8.51. The van der Waals surface area contributed by atoms with E-state index in [1.807, 2.05) is 0 Å². The zero-order chi connectivity index (χ0) is 26.7. The fourth-order valence-corrected chi connectivity index (χ4v) is 4.30. The molecule has 0 heterocycles. The smallest absolute Gasteiger partial charge is 0.427 e. The highest BCUT2D eigenvalue weighted by molar-refractivity contribution is 5.91. The van der Waals surface area contributed by atoms with E-state index in [1.165, 1.54) is 12.1 Å². The molecule has 3 rings (SSSR count). The average Bonchev–Trinajstić information content (AvgIpc) is 2.81. The first-order chi connectivity index (χ1) is 16.8. The minimum Gasteiger partial charge on any atom is -0.427 e. The van der Waals surface area contributed by atoms with Crippen LogP contribution in [0.5, 0.6) is 11.5 Å². The minimum atomic E-state index is -5.95. The summed E-state index contributed by atoms with van der Waals surface area (Å²) in [6.45, 7) is 2.13. The van der Waals surface area contributed by atoms with Gasteiger partial charge in [-0.2, -0.15) is 22.0 Å². The highest BCUT2D eigenvalue weighted by Crippen LogP contribution is 2.39. The molecule has 0 aromatic heterocycles. The summed E-state index contributed by atoms with van der Waals surface area (Å²) in [5.41, 5.74) is 0.203. The van der Waals surface area contributed by atoms with Crippen molar-refractivity contribution in [2.75, 3.05) is 0 Å². The molecule has 0 radical (unpaired) electrons. The third-order valence-electron chi connectivity index (χ3n) is 6.17. The third-order valence-corrected chi connectivity index (χ3v) is 6.17. The predicted octanol–water partition coefficient (Wildman–Crippen LogP) is 8.13. The normalized spacial score (nSPS) is 19.6. The lowest BCUT2D eigenvalue weighted by molar-refractivity contribution is -0.305. The van der Waals surface area contributed by atoms with E-state index < -0.39 is 53.1 Å². The first kappa shape index (κ1) is 27.7. The second-order valence-corrected chi connectivity index (χ2v) is 8.80. The van der Waals surface area contributed by atoms with Crippen molar-refractivity contribution in [2.24, 2.45) is 5.92 Å². The predicted molar refractivity (Wildman–Crippen MR) is 114 cm³/mol. The number of esters is 1. The SMILES string of the molecule is CCCC1CCC(c2ccc(OC(=O)c3ccc(OC(F)(F)C(F)C(F)(F)F)c(F)c3)c(F)c2)CC1. The number of benzene rings is 2. The summed E-state index contributed by atoms with van der Waals surface area (Å²) in [6, 6.07) is 5.62. The third kappa shape index (κ3) is 6.67. The Hall–Kier alpha value is -2.85. The summed E-state index contributed by atoms with van der Waals surface area (Å²) in [5, 5.41) is 0. The van der Waals surface area contributed by atoms with E-state index in [1.54, 1.807) is 6.07 Å². The van der Waals surface area contributed by atoms with Gasteiger partial charge in [0, 0.05) is 0 Å². The van der Waals surface area contributed by atoms with E-state index >= 15 is 0 Å². The zero-order valence-corrected chi connectivity index (χ0v) is 19.2. The molecule has 1 atom stereocenters. The lowest BCUT2D eigenvalue weighted by Crippen LogP contribution is -2.45. The van der Waals surface area contributed by atoms with Crippen LogP contribution in [0.15, 0.2) is 36.4 Å². The highest BCUT2D eigenvalue weighted by Gasteiger charge is 2.59. The van der Waals surface area contributed by atoms with Gasteiger partial charge in [0.15, 0.2) is 23.1 Å². The van der Waals surface area contributed by atoms with Gasteiger partial charge in [-0.25, -0.2) is 18.0 Å². The van der Waals surface area contributed by atoms with Crippen molar-refractivity contribution in [3.63, 3.8) is 0 Å². The molecular formula is C25H24F8O3. The number of alkyl halides is 6. The van der Waals surface area contributed by atoms with Gasteiger partial charge in [0.2, 0.25) is 0 Å². The van der Waals surface area contributed by atoms with Crippen LogP contribution in [0.25, 0.3) is 0 Å². The number of rotatable bonds is 8. The van der Waals surface area contributed by atoms with Crippen LogP contribution in [-0.2, 0) is 0 Å². The van der Waals surface area contributed by atoms with Crippen LogP contribution in [0.4, 0.5) is 35.1 Å². The van der Waals surface area contributed by atoms with Gasteiger partial charge in [-0.15, -0.1) is 0 Å². The van der Waals surface area contributed by atoms with Crippen LogP contribution in [0.3, 0.4) is 0 Å². The first-order valence-corrected chi connectivity index (χ1v) is 11.4. The Bertz CT molecular complexity index is 1060. The van der Waals surface area contributed by atoms with Gasteiger partial charge in [-0.3, -0.25) is 0 Å². The lowest BCUT2D eigenvalue weighted by atomic mass is 9.77. The van der Waals surface area contributed by atoms with Crippen molar-refractivity contribution in [2.45, 2.75) is 69.8 Å². The summed E-state index contributed by atoms with van der Waals surface area (Å²) in [4.78, 5) is 12.3. The maximum atomic E-state index is 14.6. The van der Waals surface area contributed by atoms with Crippen LogP contribution in [0.1, 0.15) is 67.3 Å². The number of halogens is 8. The Morgan fingerprint density at radius 1 is 0.944 bits per heavy atom. The molecule has 0 amide bonds. The van der Waals surface area contributed by atoms with Crippen molar-refractivity contribution in [1.29, 1.82) is 0 Å². The summed E-state index contributed by atoms with van der Waals surface area (Å²) in [7, 11) is 0. The standard InChI is InChI=1S/C25H24F8O3/c1-2-3-14-4-6-15(7-5-14)16-8-10-20(18(26)12-16)35-22(34)17-9-11-21(19(27)13-17)36-25(32,33)23(28)24(29,30)31/h8-15,23H,2-7H2,1H3. The molecule has 11 heteroatoms. The van der Waals surface area contributed by atoms with E-state index in [0.717, 1.165) is 44.1 Å². The van der Waals surface area contributed by atoms with E-state index in [-0.39, 0.29) is 5.92 Å². The Labute approximate surface area is 202 Å². The van der Waals surface area contributed by atoms with E-state index in [0.29, 0.717) is 24.1 Å². The van der Waals surface area contributed by atoms with Crippen molar-refractivity contribution in [3.8, 4) is 11.5 Å². The fourth-order valence-electron chi connectivity index (χ4n) is 4.30. The molecule has 2 aromatic carbocycles. The van der Waals surface area contributed by atoms with E-state index in [9.17, 15) is 39.9 Å². The largest absolute Gasteiger partial charge is 0.439 e. The number of hydrogen-bond donors (Lipinski definition) is 0. The number of hydrogen-bond acceptors (Lipinski definition) is 3. The molecule has 0 N–H and O–H groups in total. The topological polar surface area (TPSA) is 35.5 Å². The summed E-state index contributed by atoms with van der Waals surface area (Å²) in [5.74, 6) is -4.77. The summed E-state index contributed by atoms with van der Waals surface area (Å²) in [6.07, 6.45) is -9.84. The molecule has 198 valence electrons. The van der Waals surface area contributed by atoms with Crippen LogP contribution in [-0.4, -0.2) is 24.4 Å². The summed E-state index contributed by atoms with van der Waals surface area (Å²) < 4.78 is 114. The maximum absolute atomic E-state index is 14.6. The molecule has 1 saturated carbocycles. The first-order valence-electron chi connectivity index (χ1n) is 11.4. The molecule has 0 spiro atoms. The average molecular weight is 524 g/mol. The van der Waals surface area contributed by atoms with Gasteiger partial charge >= 0.3 is 18.3 Å².